The SMILES string of the molecule is CN(c1ccc(OCC(=O)NCCSCc2ccccc2)cc1)S(=O)(=O)c1cccs1. The number of ether oxygens (including phenoxy) is 1. The summed E-state index contributed by atoms with van der Waals surface area (Å²) >= 11 is 2.93. The number of anilines is 1. The van der Waals surface area contributed by atoms with Crippen molar-refractivity contribution in [1.29, 1.82) is 0 Å². The first-order valence-electron chi connectivity index (χ1n) is 9.60. The Labute approximate surface area is 191 Å². The highest BCUT2D eigenvalue weighted by Gasteiger charge is 2.22. The third kappa shape index (κ3) is 6.75. The Hall–Kier alpha value is -2.49. The van der Waals surface area contributed by atoms with E-state index in [2.05, 4.69) is 17.4 Å². The molecule has 0 bridgehead atoms. The number of carbonyl (C=O) groups is 1. The van der Waals surface area contributed by atoms with Gasteiger partial charge in [0.2, 0.25) is 0 Å². The molecule has 0 radical (unpaired) electrons. The fourth-order valence-electron chi connectivity index (χ4n) is 2.66. The monoisotopic (exact) mass is 476 g/mol. The summed E-state index contributed by atoms with van der Waals surface area (Å²) in [6.45, 7) is 0.482. The average Bonchev–Trinajstić information content (AvgIpc) is 3.34. The average molecular weight is 477 g/mol. The molecule has 1 N–H and O–H groups in total. The van der Waals surface area contributed by atoms with Gasteiger partial charge in [0, 0.05) is 25.1 Å². The van der Waals surface area contributed by atoms with Gasteiger partial charge in [0.25, 0.3) is 15.9 Å². The Morgan fingerprint density at radius 3 is 2.48 bits per heavy atom. The lowest BCUT2D eigenvalue weighted by atomic mass is 10.2. The van der Waals surface area contributed by atoms with Crippen molar-refractivity contribution in [3.8, 4) is 5.75 Å². The Kier molecular flexibility index (Phi) is 8.39. The predicted octanol–water partition coefficient (Wildman–Crippen LogP) is 4.00. The van der Waals surface area contributed by atoms with Crippen LogP contribution < -0.4 is 14.4 Å². The van der Waals surface area contributed by atoms with Crippen molar-refractivity contribution in [3.05, 3.63) is 77.7 Å². The number of carbonyl (C=O) groups excluding carboxylic acids is 1. The molecule has 3 rings (SSSR count). The van der Waals surface area contributed by atoms with Gasteiger partial charge in [-0.25, -0.2) is 8.42 Å². The van der Waals surface area contributed by atoms with E-state index in [0.717, 1.165) is 11.5 Å². The van der Waals surface area contributed by atoms with E-state index >= 15 is 0 Å². The van der Waals surface area contributed by atoms with Crippen LogP contribution in [0.2, 0.25) is 0 Å². The van der Waals surface area contributed by atoms with E-state index in [1.807, 2.05) is 18.2 Å². The molecule has 31 heavy (non-hydrogen) atoms. The quantitative estimate of drug-likeness (QED) is 0.424. The highest BCUT2D eigenvalue weighted by molar-refractivity contribution is 7.98. The number of hydrogen-bond donors (Lipinski definition) is 1. The van der Waals surface area contributed by atoms with Crippen LogP contribution in [-0.2, 0) is 20.6 Å². The maximum absolute atomic E-state index is 12.6. The van der Waals surface area contributed by atoms with Crippen LogP contribution in [0.3, 0.4) is 0 Å². The zero-order valence-electron chi connectivity index (χ0n) is 17.1. The smallest absolute Gasteiger partial charge is 0.273 e. The van der Waals surface area contributed by atoms with Crippen molar-refractivity contribution in [2.45, 2.75) is 9.96 Å². The Morgan fingerprint density at radius 2 is 1.81 bits per heavy atom. The molecule has 0 atom stereocenters. The van der Waals surface area contributed by atoms with E-state index in [9.17, 15) is 13.2 Å². The van der Waals surface area contributed by atoms with Crippen LogP contribution in [0.25, 0.3) is 0 Å². The number of nitrogens with one attached hydrogen (secondary N) is 1. The fraction of sp³-hybridized carbons (Fsp3) is 0.227. The van der Waals surface area contributed by atoms with Crippen molar-refractivity contribution in [2.24, 2.45) is 0 Å². The first-order valence-corrected chi connectivity index (χ1v) is 13.1. The van der Waals surface area contributed by atoms with E-state index in [-0.39, 0.29) is 16.7 Å². The zero-order chi connectivity index (χ0) is 22.1. The van der Waals surface area contributed by atoms with E-state index in [4.69, 9.17) is 4.74 Å². The third-order valence-corrected chi connectivity index (χ3v) is 8.55. The minimum Gasteiger partial charge on any atom is -0.484 e. The largest absolute Gasteiger partial charge is 0.484 e. The summed E-state index contributed by atoms with van der Waals surface area (Å²) in [6, 6.07) is 20.1. The molecule has 0 saturated carbocycles. The number of thiophene rings is 1. The molecule has 164 valence electrons. The molecule has 1 amide bonds. The number of hydrogen-bond acceptors (Lipinski definition) is 6. The molecular formula is C22H24N2O4S3. The Bertz CT molecular complexity index is 1050. The molecule has 0 spiro atoms. The van der Waals surface area contributed by atoms with Gasteiger partial charge in [-0.05, 0) is 41.3 Å². The number of thioether (sulfide) groups is 1. The topological polar surface area (TPSA) is 75.7 Å². The van der Waals surface area contributed by atoms with Crippen LogP contribution in [-0.4, -0.2) is 40.3 Å². The first kappa shape index (κ1) is 23.2. The molecule has 0 unspecified atom stereocenters. The van der Waals surface area contributed by atoms with Crippen molar-refractivity contribution in [3.63, 3.8) is 0 Å². The van der Waals surface area contributed by atoms with Gasteiger partial charge in [-0.2, -0.15) is 11.8 Å². The van der Waals surface area contributed by atoms with Gasteiger partial charge in [-0.15, -0.1) is 11.3 Å². The standard InChI is InChI=1S/C22H24N2O4S3/c1-24(31(26,27)22-8-5-14-30-22)19-9-11-20(12-10-19)28-16-21(25)23-13-15-29-17-18-6-3-2-4-7-18/h2-12,14H,13,15-17H2,1H3,(H,23,25). The number of rotatable bonds is 11. The summed E-state index contributed by atoms with van der Waals surface area (Å²) in [7, 11) is -2.07. The summed E-state index contributed by atoms with van der Waals surface area (Å²) in [5, 5.41) is 4.56. The molecule has 2 aromatic carbocycles. The van der Waals surface area contributed by atoms with E-state index in [0.29, 0.717) is 18.0 Å². The maximum Gasteiger partial charge on any atom is 0.273 e. The van der Waals surface area contributed by atoms with Gasteiger partial charge < -0.3 is 10.1 Å². The molecule has 9 heteroatoms. The zero-order valence-corrected chi connectivity index (χ0v) is 19.5. The molecule has 1 heterocycles. The van der Waals surface area contributed by atoms with E-state index in [1.165, 1.54) is 28.3 Å². The van der Waals surface area contributed by atoms with E-state index in [1.54, 1.807) is 53.5 Å². The van der Waals surface area contributed by atoms with Crippen LogP contribution in [0.5, 0.6) is 5.75 Å². The summed E-state index contributed by atoms with van der Waals surface area (Å²) in [5.74, 6) is 2.04. The summed E-state index contributed by atoms with van der Waals surface area (Å²) in [4.78, 5) is 12.0. The molecule has 1 aromatic heterocycles. The summed E-state index contributed by atoms with van der Waals surface area (Å²) in [5.41, 5.74) is 1.78. The number of benzene rings is 2. The lowest BCUT2D eigenvalue weighted by molar-refractivity contribution is -0.122. The minimum atomic E-state index is -3.58. The summed E-state index contributed by atoms with van der Waals surface area (Å²) < 4.78 is 32.2. The molecule has 6 nitrogen and oxygen atoms in total. The molecule has 3 aromatic rings. The molecule has 0 aliphatic heterocycles. The van der Waals surface area contributed by atoms with E-state index < -0.39 is 10.0 Å². The van der Waals surface area contributed by atoms with Crippen molar-refractivity contribution in [2.75, 3.05) is 30.3 Å². The highest BCUT2D eigenvalue weighted by Crippen LogP contribution is 2.26. The van der Waals surface area contributed by atoms with Crippen LogP contribution in [0.4, 0.5) is 5.69 Å². The van der Waals surface area contributed by atoms with Crippen LogP contribution in [0, 0.1) is 0 Å². The minimum absolute atomic E-state index is 0.0912. The second kappa shape index (κ2) is 11.2. The second-order valence-electron chi connectivity index (χ2n) is 6.58. The van der Waals surface area contributed by atoms with Crippen LogP contribution >= 0.6 is 23.1 Å². The fourth-order valence-corrected chi connectivity index (χ4v) is 5.84. The van der Waals surface area contributed by atoms with Crippen LogP contribution in [0.15, 0.2) is 76.3 Å². The van der Waals surface area contributed by atoms with Gasteiger partial charge in [0.05, 0.1) is 5.69 Å². The maximum atomic E-state index is 12.6. The molecule has 0 aliphatic rings. The lowest BCUT2D eigenvalue weighted by Crippen LogP contribution is -2.30. The van der Waals surface area contributed by atoms with Crippen molar-refractivity contribution in [1.82, 2.24) is 5.32 Å². The molecule has 0 aliphatic carbocycles. The van der Waals surface area contributed by atoms with Gasteiger partial charge in [0.15, 0.2) is 6.61 Å². The third-order valence-electron chi connectivity index (χ3n) is 4.36. The Morgan fingerprint density at radius 1 is 1.06 bits per heavy atom. The van der Waals surface area contributed by atoms with Gasteiger partial charge in [-0.3, -0.25) is 9.10 Å². The normalized spacial score (nSPS) is 11.1. The molecule has 0 fully saturated rings. The van der Waals surface area contributed by atoms with Gasteiger partial charge >= 0.3 is 0 Å². The lowest BCUT2D eigenvalue weighted by Gasteiger charge is -2.18. The second-order valence-corrected chi connectivity index (χ2v) is 10.8. The number of nitrogens with zero attached hydrogens (tertiary/aromatic N) is 1. The molecular weight excluding hydrogens is 452 g/mol. The Balaban J connectivity index is 1.39. The number of sulfonamides is 1. The summed E-state index contributed by atoms with van der Waals surface area (Å²) in [6.07, 6.45) is 0. The van der Waals surface area contributed by atoms with Crippen LogP contribution in [0.1, 0.15) is 5.56 Å². The molecule has 0 saturated heterocycles. The van der Waals surface area contributed by atoms with Crippen molar-refractivity contribution < 1.29 is 17.9 Å². The van der Waals surface area contributed by atoms with Gasteiger partial charge in [0.1, 0.15) is 9.96 Å². The highest BCUT2D eigenvalue weighted by atomic mass is 32.2. The first-order chi connectivity index (χ1) is 15.0. The van der Waals surface area contributed by atoms with Crippen molar-refractivity contribution >= 4 is 44.7 Å². The van der Waals surface area contributed by atoms with Gasteiger partial charge in [-0.1, -0.05) is 36.4 Å². The predicted molar refractivity (Wildman–Crippen MR) is 127 cm³/mol. The number of amides is 1.